The number of hydrogen-bond donors (Lipinski definition) is 1. The Labute approximate surface area is 161 Å². The lowest BCUT2D eigenvalue weighted by molar-refractivity contribution is -0.118. The molecule has 2 fully saturated rings. The van der Waals surface area contributed by atoms with E-state index >= 15 is 0 Å². The summed E-state index contributed by atoms with van der Waals surface area (Å²) in [7, 11) is 0. The number of halogens is 1. The first-order valence-corrected chi connectivity index (χ1v) is 9.67. The maximum atomic E-state index is 12.5. The van der Waals surface area contributed by atoms with E-state index in [-0.39, 0.29) is 23.3 Å². The number of carbonyl (C=O) groups is 2. The van der Waals surface area contributed by atoms with Crippen molar-refractivity contribution in [3.63, 3.8) is 0 Å². The summed E-state index contributed by atoms with van der Waals surface area (Å²) in [5, 5.41) is 2.96. The third-order valence-electron chi connectivity index (χ3n) is 4.91. The van der Waals surface area contributed by atoms with Gasteiger partial charge in [-0.2, -0.15) is 0 Å². The van der Waals surface area contributed by atoms with Crippen LogP contribution in [0.15, 0.2) is 18.3 Å². The van der Waals surface area contributed by atoms with E-state index in [0.29, 0.717) is 13.1 Å². The van der Waals surface area contributed by atoms with Crippen LogP contribution in [0.3, 0.4) is 0 Å². The van der Waals surface area contributed by atoms with Gasteiger partial charge < -0.3 is 15.0 Å². The molecule has 1 aliphatic carbocycles. The van der Waals surface area contributed by atoms with Gasteiger partial charge in [-0.05, 0) is 80.2 Å². The fraction of sp³-hybridized carbons (Fsp3) is 0.611. The summed E-state index contributed by atoms with van der Waals surface area (Å²) in [6.45, 7) is 6.93. The number of nitrogens with zero attached hydrogens (tertiary/aromatic N) is 2. The van der Waals surface area contributed by atoms with E-state index in [9.17, 15) is 9.59 Å². The van der Waals surface area contributed by atoms with E-state index < -0.39 is 5.60 Å². The molecule has 2 heterocycles. The molecule has 1 saturated carbocycles. The zero-order chi connectivity index (χ0) is 18.2. The van der Waals surface area contributed by atoms with Crippen LogP contribution in [0.4, 0.5) is 10.5 Å². The predicted molar refractivity (Wildman–Crippen MR) is 103 cm³/mol. The summed E-state index contributed by atoms with van der Waals surface area (Å²) in [5.74, 6) is 0.0984. The second-order valence-electron chi connectivity index (χ2n) is 7.95. The van der Waals surface area contributed by atoms with Gasteiger partial charge in [0.15, 0.2) is 0 Å². The number of carbonyl (C=O) groups excluding carboxylic acids is 2. The highest BCUT2D eigenvalue weighted by Crippen LogP contribution is 2.59. The van der Waals surface area contributed by atoms with Crippen molar-refractivity contribution in [2.24, 2.45) is 11.3 Å². The standard InChI is InChI=1S/C18H24IN3O3/c1-17(2,3)25-16(24)22-8-6-18(7-9-22)10-13(18)15(23)21-12-4-5-14(19)20-11-12/h4-5,11,13H,6-10H2,1-3H3,(H,21,23). The van der Waals surface area contributed by atoms with Gasteiger partial charge in [0.1, 0.15) is 9.30 Å². The molecule has 2 aliphatic rings. The summed E-state index contributed by atoms with van der Waals surface area (Å²) in [5.41, 5.74) is 0.313. The molecule has 1 atom stereocenters. The van der Waals surface area contributed by atoms with Gasteiger partial charge >= 0.3 is 6.09 Å². The van der Waals surface area contributed by atoms with Crippen molar-refractivity contribution in [2.45, 2.75) is 45.6 Å². The number of ether oxygens (including phenoxy) is 1. The second kappa shape index (κ2) is 6.74. The van der Waals surface area contributed by atoms with Crippen LogP contribution in [0, 0.1) is 15.0 Å². The van der Waals surface area contributed by atoms with Crippen molar-refractivity contribution in [3.05, 3.63) is 22.0 Å². The molecule has 3 rings (SSSR count). The Balaban J connectivity index is 1.51. The van der Waals surface area contributed by atoms with E-state index in [2.05, 4.69) is 32.9 Å². The van der Waals surface area contributed by atoms with Crippen LogP contribution in [0.25, 0.3) is 0 Å². The van der Waals surface area contributed by atoms with Crippen molar-refractivity contribution in [2.75, 3.05) is 18.4 Å². The van der Waals surface area contributed by atoms with Gasteiger partial charge in [0.25, 0.3) is 0 Å². The molecule has 1 saturated heterocycles. The summed E-state index contributed by atoms with van der Waals surface area (Å²) in [4.78, 5) is 30.6. The summed E-state index contributed by atoms with van der Waals surface area (Å²) < 4.78 is 6.33. The number of pyridine rings is 1. The van der Waals surface area contributed by atoms with E-state index in [1.165, 1.54) is 0 Å². The summed E-state index contributed by atoms with van der Waals surface area (Å²) in [6.07, 6.45) is 4.04. The van der Waals surface area contributed by atoms with Crippen LogP contribution in [0.5, 0.6) is 0 Å². The van der Waals surface area contributed by atoms with Crippen molar-refractivity contribution >= 4 is 40.3 Å². The van der Waals surface area contributed by atoms with Gasteiger partial charge in [0.05, 0.1) is 11.9 Å². The van der Waals surface area contributed by atoms with Crippen molar-refractivity contribution in [1.29, 1.82) is 0 Å². The normalized spacial score (nSPS) is 21.8. The molecule has 1 unspecified atom stereocenters. The number of likely N-dealkylation sites (tertiary alicyclic amines) is 1. The minimum atomic E-state index is -0.476. The largest absolute Gasteiger partial charge is 0.444 e. The minimum absolute atomic E-state index is 0.0348. The van der Waals surface area contributed by atoms with E-state index in [4.69, 9.17) is 4.74 Å². The number of anilines is 1. The lowest BCUT2D eigenvalue weighted by Crippen LogP contribution is -2.42. The van der Waals surface area contributed by atoms with Gasteiger partial charge in [0.2, 0.25) is 5.91 Å². The third-order valence-corrected chi connectivity index (χ3v) is 5.55. The molecule has 1 aromatic rings. The Morgan fingerprint density at radius 2 is 2.00 bits per heavy atom. The van der Waals surface area contributed by atoms with Gasteiger partial charge in [-0.15, -0.1) is 0 Å². The van der Waals surface area contributed by atoms with Crippen LogP contribution in [-0.2, 0) is 9.53 Å². The van der Waals surface area contributed by atoms with Crippen LogP contribution in [0.1, 0.15) is 40.0 Å². The van der Waals surface area contributed by atoms with E-state index in [1.54, 1.807) is 11.1 Å². The van der Waals surface area contributed by atoms with Gasteiger partial charge in [-0.25, -0.2) is 9.78 Å². The molecular formula is C18H24IN3O3. The number of nitrogens with one attached hydrogen (secondary N) is 1. The molecule has 136 valence electrons. The second-order valence-corrected chi connectivity index (χ2v) is 9.05. The van der Waals surface area contributed by atoms with Crippen molar-refractivity contribution < 1.29 is 14.3 Å². The molecule has 1 aromatic heterocycles. The van der Waals surface area contributed by atoms with Gasteiger partial charge in [0, 0.05) is 19.0 Å². The Morgan fingerprint density at radius 3 is 2.56 bits per heavy atom. The van der Waals surface area contributed by atoms with Crippen molar-refractivity contribution in [3.8, 4) is 0 Å². The van der Waals surface area contributed by atoms with E-state index in [0.717, 1.165) is 28.7 Å². The van der Waals surface area contributed by atoms with Crippen LogP contribution < -0.4 is 5.32 Å². The molecule has 25 heavy (non-hydrogen) atoms. The van der Waals surface area contributed by atoms with Gasteiger partial charge in [-0.1, -0.05) is 0 Å². The quantitative estimate of drug-likeness (QED) is 0.544. The summed E-state index contributed by atoms with van der Waals surface area (Å²) in [6, 6.07) is 3.74. The molecule has 1 spiro atoms. The first-order chi connectivity index (χ1) is 11.7. The monoisotopic (exact) mass is 457 g/mol. The zero-order valence-electron chi connectivity index (χ0n) is 14.8. The molecule has 0 radical (unpaired) electrons. The smallest absolute Gasteiger partial charge is 0.410 e. The number of piperidine rings is 1. The SMILES string of the molecule is CC(C)(C)OC(=O)N1CCC2(CC1)CC2C(=O)Nc1ccc(I)nc1. The molecule has 0 bridgehead atoms. The van der Waals surface area contributed by atoms with Crippen LogP contribution >= 0.6 is 22.6 Å². The Bertz CT molecular complexity index is 661. The highest BCUT2D eigenvalue weighted by atomic mass is 127. The zero-order valence-corrected chi connectivity index (χ0v) is 17.0. The Kier molecular flexibility index (Phi) is 4.96. The van der Waals surface area contributed by atoms with Gasteiger partial charge in [-0.3, -0.25) is 4.79 Å². The molecule has 0 aromatic carbocycles. The van der Waals surface area contributed by atoms with Crippen LogP contribution in [0.2, 0.25) is 0 Å². The first-order valence-electron chi connectivity index (χ1n) is 8.59. The average Bonchev–Trinajstić information content (AvgIpc) is 3.22. The topological polar surface area (TPSA) is 71.5 Å². The first kappa shape index (κ1) is 18.4. The predicted octanol–water partition coefficient (Wildman–Crippen LogP) is 3.66. The maximum absolute atomic E-state index is 12.5. The molecular weight excluding hydrogens is 433 g/mol. The van der Waals surface area contributed by atoms with Crippen LogP contribution in [-0.4, -0.2) is 40.6 Å². The molecule has 1 N–H and O–H groups in total. The fourth-order valence-corrected chi connectivity index (χ4v) is 3.73. The molecule has 6 nitrogen and oxygen atoms in total. The lowest BCUT2D eigenvalue weighted by Gasteiger charge is -2.34. The Morgan fingerprint density at radius 1 is 1.32 bits per heavy atom. The summed E-state index contributed by atoms with van der Waals surface area (Å²) >= 11 is 2.13. The molecule has 1 aliphatic heterocycles. The lowest BCUT2D eigenvalue weighted by atomic mass is 9.91. The number of hydrogen-bond acceptors (Lipinski definition) is 4. The van der Waals surface area contributed by atoms with Crippen molar-refractivity contribution in [1.82, 2.24) is 9.88 Å². The number of aromatic nitrogens is 1. The van der Waals surface area contributed by atoms with E-state index in [1.807, 2.05) is 32.9 Å². The fourth-order valence-electron chi connectivity index (χ4n) is 3.41. The minimum Gasteiger partial charge on any atom is -0.444 e. The third kappa shape index (κ3) is 4.43. The number of amides is 2. The number of rotatable bonds is 2. The highest BCUT2D eigenvalue weighted by molar-refractivity contribution is 14.1. The maximum Gasteiger partial charge on any atom is 0.410 e. The highest BCUT2D eigenvalue weighted by Gasteiger charge is 2.58. The Hall–Kier alpha value is -1.38. The average molecular weight is 457 g/mol. The molecule has 2 amide bonds. The molecule has 7 heteroatoms.